The Balaban J connectivity index is 1.28. The van der Waals surface area contributed by atoms with E-state index in [4.69, 9.17) is 0 Å². The lowest BCUT2D eigenvalue weighted by molar-refractivity contribution is 0.166. The summed E-state index contributed by atoms with van der Waals surface area (Å²) in [5, 5.41) is 10.5. The predicted molar refractivity (Wildman–Crippen MR) is 169 cm³/mol. The van der Waals surface area contributed by atoms with E-state index < -0.39 is 0 Å². The molecule has 0 bridgehead atoms. The zero-order valence-electron chi connectivity index (χ0n) is 25.4. The summed E-state index contributed by atoms with van der Waals surface area (Å²) < 4.78 is 18.3. The minimum absolute atomic E-state index is 0.0763. The number of H-pyrrole nitrogens is 1. The van der Waals surface area contributed by atoms with Crippen LogP contribution in [0.1, 0.15) is 56.7 Å². The second-order valence-electron chi connectivity index (χ2n) is 12.4. The molecule has 0 spiro atoms. The van der Waals surface area contributed by atoms with Gasteiger partial charge in [-0.25, -0.2) is 9.18 Å². The van der Waals surface area contributed by atoms with Crippen molar-refractivity contribution in [2.75, 3.05) is 19.7 Å². The van der Waals surface area contributed by atoms with Crippen molar-refractivity contribution in [3.05, 3.63) is 94.0 Å². The highest BCUT2D eigenvalue weighted by Crippen LogP contribution is 2.36. The summed E-state index contributed by atoms with van der Waals surface area (Å²) in [5.41, 5.74) is 6.84. The van der Waals surface area contributed by atoms with E-state index in [1.165, 1.54) is 10.9 Å². The maximum atomic E-state index is 14.6. The Hall–Kier alpha value is -3.79. The molecule has 1 aliphatic heterocycles. The third-order valence-electron chi connectivity index (χ3n) is 8.90. The lowest BCUT2D eigenvalue weighted by Crippen LogP contribution is -2.36. The molecule has 3 aromatic heterocycles. The van der Waals surface area contributed by atoms with Crippen LogP contribution in [0.3, 0.4) is 0 Å². The Labute approximate surface area is 251 Å². The van der Waals surface area contributed by atoms with Crippen molar-refractivity contribution < 1.29 is 9.50 Å². The molecule has 1 saturated heterocycles. The minimum atomic E-state index is -0.223. The summed E-state index contributed by atoms with van der Waals surface area (Å²) in [6.45, 7) is 12.3. The molecule has 5 aromatic rings. The number of aromatic nitrogens is 4. The summed E-state index contributed by atoms with van der Waals surface area (Å²) in [6.07, 6.45) is 7.05. The molecule has 6 rings (SSSR count). The van der Waals surface area contributed by atoms with E-state index in [9.17, 15) is 14.3 Å². The van der Waals surface area contributed by atoms with Gasteiger partial charge in [0.15, 0.2) is 0 Å². The van der Waals surface area contributed by atoms with E-state index >= 15 is 0 Å². The number of halogens is 1. The zero-order valence-corrected chi connectivity index (χ0v) is 25.4. The monoisotopic (exact) mass is 584 g/mol. The van der Waals surface area contributed by atoms with Crippen molar-refractivity contribution in [2.45, 2.75) is 71.8 Å². The summed E-state index contributed by atoms with van der Waals surface area (Å²) in [5.74, 6) is 0.131. The Morgan fingerprint density at radius 1 is 1.09 bits per heavy atom. The third kappa shape index (κ3) is 5.77. The van der Waals surface area contributed by atoms with Gasteiger partial charge < -0.3 is 14.7 Å². The number of fused-ring (bicyclic) bond motifs is 2. The lowest BCUT2D eigenvalue weighted by Gasteiger charge is -2.31. The van der Waals surface area contributed by atoms with Crippen LogP contribution in [0.5, 0.6) is 0 Å². The van der Waals surface area contributed by atoms with E-state index in [0.29, 0.717) is 24.5 Å². The molecule has 2 N–H and O–H groups in total. The van der Waals surface area contributed by atoms with Gasteiger partial charge in [0, 0.05) is 49.5 Å². The average Bonchev–Trinajstić information content (AvgIpc) is 3.67. The Bertz CT molecular complexity index is 1790. The van der Waals surface area contributed by atoms with Crippen LogP contribution in [0.4, 0.5) is 4.39 Å². The zero-order chi connectivity index (χ0) is 30.2. The van der Waals surface area contributed by atoms with Gasteiger partial charge in [-0.2, -0.15) is 0 Å². The first kappa shape index (κ1) is 29.3. The fraction of sp³-hybridized carbons (Fsp3) is 0.412. The quantitative estimate of drug-likeness (QED) is 0.230. The van der Waals surface area contributed by atoms with Crippen molar-refractivity contribution in [2.24, 2.45) is 0 Å². The number of benzene rings is 2. The molecule has 43 heavy (non-hydrogen) atoms. The van der Waals surface area contributed by atoms with Gasteiger partial charge in [0.05, 0.1) is 41.6 Å². The van der Waals surface area contributed by atoms with Crippen LogP contribution in [0.2, 0.25) is 0 Å². The normalized spacial score (nSPS) is 16.2. The Morgan fingerprint density at radius 3 is 2.67 bits per heavy atom. The highest BCUT2D eigenvalue weighted by Gasteiger charge is 2.28. The number of nitrogens with one attached hydrogen (secondary N) is 1. The first-order chi connectivity index (χ1) is 20.7. The van der Waals surface area contributed by atoms with Crippen LogP contribution in [0, 0.1) is 5.82 Å². The number of nitrogens with zero attached hydrogens (tertiary/aromatic N) is 5. The molecule has 1 unspecified atom stereocenters. The van der Waals surface area contributed by atoms with E-state index in [1.54, 1.807) is 16.7 Å². The van der Waals surface area contributed by atoms with Gasteiger partial charge in [0.2, 0.25) is 0 Å². The van der Waals surface area contributed by atoms with Gasteiger partial charge >= 0.3 is 5.69 Å². The highest BCUT2D eigenvalue weighted by molar-refractivity contribution is 5.85. The van der Waals surface area contributed by atoms with Gasteiger partial charge in [-0.3, -0.25) is 19.4 Å². The second kappa shape index (κ2) is 12.1. The summed E-state index contributed by atoms with van der Waals surface area (Å²) >= 11 is 0. The maximum Gasteiger partial charge on any atom is 0.326 e. The minimum Gasteiger partial charge on any atom is -0.395 e. The van der Waals surface area contributed by atoms with Crippen molar-refractivity contribution in [1.82, 2.24) is 28.9 Å². The van der Waals surface area contributed by atoms with Crippen LogP contribution in [-0.2, 0) is 19.6 Å². The van der Waals surface area contributed by atoms with Crippen molar-refractivity contribution in [3.8, 4) is 5.69 Å². The lowest BCUT2D eigenvalue weighted by atomic mass is 9.98. The average molecular weight is 585 g/mol. The third-order valence-corrected chi connectivity index (χ3v) is 8.90. The maximum absolute atomic E-state index is 14.6. The molecule has 0 amide bonds. The standard InChI is InChI=1S/C34H41FN6O2/c1-22(2)40(23(3)4)20-26-16-27(35)6-8-31(26)41-21-29(28-9-11-36-17-33(28)41)25-10-12-38(19-25)18-24-5-7-32-30(15-24)37-34(43)39(32)13-14-42/h5-9,11,15-17,21-23,25,42H,10,12-14,18-20H2,1-4H3,(H,37,43). The molecule has 0 radical (unpaired) electrons. The number of aromatic amines is 1. The van der Waals surface area contributed by atoms with Gasteiger partial charge in [-0.1, -0.05) is 6.07 Å². The molecule has 9 heteroatoms. The second-order valence-corrected chi connectivity index (χ2v) is 12.4. The van der Waals surface area contributed by atoms with Crippen molar-refractivity contribution in [3.63, 3.8) is 0 Å². The number of rotatable bonds is 10. The largest absolute Gasteiger partial charge is 0.395 e. The summed E-state index contributed by atoms with van der Waals surface area (Å²) in [4.78, 5) is 24.5. The smallest absolute Gasteiger partial charge is 0.326 e. The van der Waals surface area contributed by atoms with Crippen molar-refractivity contribution >= 4 is 21.9 Å². The fourth-order valence-corrected chi connectivity index (χ4v) is 6.82. The molecule has 8 nitrogen and oxygen atoms in total. The number of aliphatic hydroxyl groups excluding tert-OH is 1. The van der Waals surface area contributed by atoms with Crippen LogP contribution in [-0.4, -0.2) is 65.8 Å². The van der Waals surface area contributed by atoms with E-state index in [0.717, 1.165) is 59.4 Å². The van der Waals surface area contributed by atoms with Gasteiger partial charge in [0.25, 0.3) is 0 Å². The van der Waals surface area contributed by atoms with Gasteiger partial charge in [0.1, 0.15) is 5.82 Å². The number of hydrogen-bond donors (Lipinski definition) is 2. The molecule has 0 saturated carbocycles. The molecule has 1 aliphatic rings. The van der Waals surface area contributed by atoms with E-state index in [2.05, 4.69) is 70.4 Å². The van der Waals surface area contributed by atoms with Crippen molar-refractivity contribution in [1.29, 1.82) is 0 Å². The predicted octanol–water partition coefficient (Wildman–Crippen LogP) is 5.41. The summed E-state index contributed by atoms with van der Waals surface area (Å²) in [6, 6.07) is 14.0. The first-order valence-corrected chi connectivity index (χ1v) is 15.3. The molecule has 4 heterocycles. The first-order valence-electron chi connectivity index (χ1n) is 15.3. The molecule has 1 atom stereocenters. The van der Waals surface area contributed by atoms with Crippen LogP contribution in [0.25, 0.3) is 27.6 Å². The van der Waals surface area contributed by atoms with E-state index in [-0.39, 0.29) is 24.7 Å². The number of hydrogen-bond acceptors (Lipinski definition) is 5. The van der Waals surface area contributed by atoms with E-state index in [1.807, 2.05) is 30.6 Å². The molecular formula is C34H41FN6O2. The SMILES string of the molecule is CC(C)N(Cc1cc(F)ccc1-n1cc(C2CCN(Cc3ccc4c(c3)[nH]c(=O)n4CCO)C2)c2ccncc21)C(C)C. The number of pyridine rings is 1. The van der Waals surface area contributed by atoms with Crippen LogP contribution < -0.4 is 5.69 Å². The van der Waals surface area contributed by atoms with Gasteiger partial charge in [-0.05, 0) is 99.7 Å². The molecule has 226 valence electrons. The molecule has 0 aliphatic carbocycles. The van der Waals surface area contributed by atoms with Crippen LogP contribution >= 0.6 is 0 Å². The molecule has 2 aromatic carbocycles. The summed E-state index contributed by atoms with van der Waals surface area (Å²) in [7, 11) is 0. The molecular weight excluding hydrogens is 543 g/mol. The number of aliphatic hydroxyl groups is 1. The molecule has 1 fully saturated rings. The Kier molecular flexibility index (Phi) is 8.22. The highest BCUT2D eigenvalue weighted by atomic mass is 19.1. The fourth-order valence-electron chi connectivity index (χ4n) is 6.82. The topological polar surface area (TPSA) is 82.3 Å². The number of imidazole rings is 1. The number of likely N-dealkylation sites (tertiary alicyclic amines) is 1. The van der Waals surface area contributed by atoms with Gasteiger partial charge in [-0.15, -0.1) is 0 Å². The Morgan fingerprint density at radius 2 is 1.91 bits per heavy atom. The van der Waals surface area contributed by atoms with Crippen LogP contribution in [0.15, 0.2) is 65.8 Å².